The molecule has 24 heavy (non-hydrogen) atoms. The predicted octanol–water partition coefficient (Wildman–Crippen LogP) is 4.02. The third-order valence-corrected chi connectivity index (χ3v) is 4.54. The van der Waals surface area contributed by atoms with Crippen LogP contribution in [0.3, 0.4) is 0 Å². The van der Waals surface area contributed by atoms with Crippen LogP contribution < -0.4 is 10.1 Å². The largest absolute Gasteiger partial charge is 0.496 e. The summed E-state index contributed by atoms with van der Waals surface area (Å²) in [5.41, 5.74) is 3.40. The highest BCUT2D eigenvalue weighted by molar-refractivity contribution is 5.97. The van der Waals surface area contributed by atoms with Gasteiger partial charge in [0, 0.05) is 11.5 Å². The van der Waals surface area contributed by atoms with E-state index in [2.05, 4.69) is 29.4 Å². The average molecular weight is 327 g/mol. The number of anilines is 1. The third-order valence-electron chi connectivity index (χ3n) is 4.54. The Balaban J connectivity index is 1.98. The van der Waals surface area contributed by atoms with Gasteiger partial charge in [-0.2, -0.15) is 5.10 Å². The van der Waals surface area contributed by atoms with Gasteiger partial charge in [0.05, 0.1) is 18.5 Å². The number of aromatic amines is 1. The van der Waals surface area contributed by atoms with Crippen molar-refractivity contribution in [2.24, 2.45) is 11.8 Å². The van der Waals surface area contributed by atoms with E-state index in [1.54, 1.807) is 7.11 Å². The molecule has 0 aliphatic heterocycles. The molecule has 128 valence electrons. The lowest BCUT2D eigenvalue weighted by molar-refractivity contribution is -0.122. The van der Waals surface area contributed by atoms with E-state index in [4.69, 9.17) is 4.74 Å². The number of nitrogens with zero attached hydrogens (tertiary/aromatic N) is 1. The SMILES string of the molecule is COc1ccccc1-c1n[nH]c(CC(C)C)c1NC(=O)C1CCC1. The summed E-state index contributed by atoms with van der Waals surface area (Å²) in [5.74, 6) is 1.45. The lowest BCUT2D eigenvalue weighted by Crippen LogP contribution is -2.28. The van der Waals surface area contributed by atoms with Gasteiger partial charge < -0.3 is 10.1 Å². The minimum absolute atomic E-state index is 0.101. The van der Waals surface area contributed by atoms with Gasteiger partial charge in [-0.15, -0.1) is 0 Å². The summed E-state index contributed by atoms with van der Waals surface area (Å²) in [4.78, 5) is 12.5. The predicted molar refractivity (Wildman–Crippen MR) is 95.1 cm³/mol. The van der Waals surface area contributed by atoms with Crippen LogP contribution in [0.15, 0.2) is 24.3 Å². The molecule has 0 atom stereocenters. The van der Waals surface area contributed by atoms with Gasteiger partial charge in [-0.1, -0.05) is 32.4 Å². The van der Waals surface area contributed by atoms with Crippen LogP contribution in [0, 0.1) is 11.8 Å². The maximum absolute atomic E-state index is 12.5. The normalized spacial score (nSPS) is 14.5. The maximum Gasteiger partial charge on any atom is 0.227 e. The molecule has 1 aliphatic rings. The first kappa shape index (κ1) is 16.6. The molecular weight excluding hydrogens is 302 g/mol. The van der Waals surface area contributed by atoms with Crippen LogP contribution in [0.5, 0.6) is 5.75 Å². The number of nitrogens with one attached hydrogen (secondary N) is 2. The average Bonchev–Trinajstić information content (AvgIpc) is 2.87. The topological polar surface area (TPSA) is 67.0 Å². The van der Waals surface area contributed by atoms with Crippen LogP contribution in [-0.2, 0) is 11.2 Å². The fourth-order valence-electron chi connectivity index (χ4n) is 3.00. The Bertz CT molecular complexity index is 717. The van der Waals surface area contributed by atoms with Crippen molar-refractivity contribution in [3.63, 3.8) is 0 Å². The molecule has 0 unspecified atom stereocenters. The van der Waals surface area contributed by atoms with E-state index in [0.29, 0.717) is 5.92 Å². The first-order valence-corrected chi connectivity index (χ1v) is 8.61. The number of rotatable bonds is 6. The molecule has 0 radical (unpaired) electrons. The fraction of sp³-hybridized carbons (Fsp3) is 0.474. The summed E-state index contributed by atoms with van der Waals surface area (Å²) in [6.07, 6.45) is 3.94. The smallest absolute Gasteiger partial charge is 0.227 e. The van der Waals surface area contributed by atoms with Crippen molar-refractivity contribution in [3.05, 3.63) is 30.0 Å². The Morgan fingerprint density at radius 2 is 2.12 bits per heavy atom. The van der Waals surface area contributed by atoms with Crippen molar-refractivity contribution in [2.75, 3.05) is 12.4 Å². The summed E-state index contributed by atoms with van der Waals surface area (Å²) in [6.45, 7) is 4.31. The van der Waals surface area contributed by atoms with Gasteiger partial charge in [0.2, 0.25) is 5.91 Å². The number of carbonyl (C=O) groups excluding carboxylic acids is 1. The fourth-order valence-corrected chi connectivity index (χ4v) is 3.00. The summed E-state index contributed by atoms with van der Waals surface area (Å²) < 4.78 is 5.46. The molecule has 3 rings (SSSR count). The number of hydrogen-bond acceptors (Lipinski definition) is 3. The minimum Gasteiger partial charge on any atom is -0.496 e. The van der Waals surface area contributed by atoms with E-state index < -0.39 is 0 Å². The molecule has 0 saturated heterocycles. The number of hydrogen-bond donors (Lipinski definition) is 2. The molecule has 2 N–H and O–H groups in total. The van der Waals surface area contributed by atoms with Crippen molar-refractivity contribution >= 4 is 11.6 Å². The monoisotopic (exact) mass is 327 g/mol. The summed E-state index contributed by atoms with van der Waals surface area (Å²) >= 11 is 0. The number of methoxy groups -OCH3 is 1. The molecular formula is C19H25N3O2. The van der Waals surface area contributed by atoms with Gasteiger partial charge in [0.1, 0.15) is 11.4 Å². The zero-order valence-corrected chi connectivity index (χ0v) is 14.6. The van der Waals surface area contributed by atoms with E-state index in [1.807, 2.05) is 24.3 Å². The number of H-pyrrole nitrogens is 1. The zero-order chi connectivity index (χ0) is 17.1. The zero-order valence-electron chi connectivity index (χ0n) is 14.6. The van der Waals surface area contributed by atoms with Crippen molar-refractivity contribution in [1.29, 1.82) is 0 Å². The van der Waals surface area contributed by atoms with Gasteiger partial charge in [-0.25, -0.2) is 0 Å². The van der Waals surface area contributed by atoms with Crippen LogP contribution in [-0.4, -0.2) is 23.2 Å². The van der Waals surface area contributed by atoms with Gasteiger partial charge in [0.15, 0.2) is 0 Å². The highest BCUT2D eigenvalue weighted by atomic mass is 16.5. The van der Waals surface area contributed by atoms with Crippen LogP contribution in [0.25, 0.3) is 11.3 Å². The molecule has 0 spiro atoms. The van der Waals surface area contributed by atoms with E-state index in [9.17, 15) is 4.79 Å². The van der Waals surface area contributed by atoms with Crippen LogP contribution >= 0.6 is 0 Å². The molecule has 1 aliphatic carbocycles. The molecule has 1 aromatic carbocycles. The lowest BCUT2D eigenvalue weighted by atomic mass is 9.84. The number of para-hydroxylation sites is 1. The summed E-state index contributed by atoms with van der Waals surface area (Å²) in [6, 6.07) is 7.75. The Kier molecular flexibility index (Phi) is 4.88. The van der Waals surface area contributed by atoms with Crippen molar-refractivity contribution in [3.8, 4) is 17.0 Å². The summed E-state index contributed by atoms with van der Waals surface area (Å²) in [5, 5.41) is 10.7. The Hall–Kier alpha value is -2.30. The van der Waals surface area contributed by atoms with E-state index in [1.165, 1.54) is 0 Å². The van der Waals surface area contributed by atoms with E-state index in [0.717, 1.165) is 54.1 Å². The van der Waals surface area contributed by atoms with Crippen molar-refractivity contribution < 1.29 is 9.53 Å². The highest BCUT2D eigenvalue weighted by Crippen LogP contribution is 2.37. The molecule has 5 nitrogen and oxygen atoms in total. The van der Waals surface area contributed by atoms with Gasteiger partial charge in [-0.05, 0) is 37.3 Å². The Morgan fingerprint density at radius 1 is 1.38 bits per heavy atom. The summed E-state index contributed by atoms with van der Waals surface area (Å²) in [7, 11) is 1.65. The van der Waals surface area contributed by atoms with Crippen LogP contribution in [0.4, 0.5) is 5.69 Å². The third kappa shape index (κ3) is 3.30. The second-order valence-electron chi connectivity index (χ2n) is 6.84. The second-order valence-corrected chi connectivity index (χ2v) is 6.84. The number of ether oxygens (including phenoxy) is 1. The number of amides is 1. The molecule has 5 heteroatoms. The molecule has 0 bridgehead atoms. The van der Waals surface area contributed by atoms with Gasteiger partial charge in [0.25, 0.3) is 0 Å². The highest BCUT2D eigenvalue weighted by Gasteiger charge is 2.28. The minimum atomic E-state index is 0.101. The second kappa shape index (κ2) is 7.07. The first-order chi connectivity index (χ1) is 11.6. The quantitative estimate of drug-likeness (QED) is 0.842. The van der Waals surface area contributed by atoms with Crippen molar-refractivity contribution in [1.82, 2.24) is 10.2 Å². The maximum atomic E-state index is 12.5. The molecule has 1 heterocycles. The Labute approximate surface area is 142 Å². The van der Waals surface area contributed by atoms with E-state index in [-0.39, 0.29) is 11.8 Å². The molecule has 1 saturated carbocycles. The number of aromatic nitrogens is 2. The van der Waals surface area contributed by atoms with Gasteiger partial charge >= 0.3 is 0 Å². The molecule has 1 amide bonds. The standard InChI is InChI=1S/C19H25N3O2/c1-12(2)11-15-18(20-19(23)13-7-6-8-13)17(22-21-15)14-9-4-5-10-16(14)24-3/h4-5,9-10,12-13H,6-8,11H2,1-3H3,(H,20,23)(H,21,22). The first-order valence-electron chi connectivity index (χ1n) is 8.61. The van der Waals surface area contributed by atoms with E-state index >= 15 is 0 Å². The van der Waals surface area contributed by atoms with Crippen LogP contribution in [0.1, 0.15) is 38.8 Å². The van der Waals surface area contributed by atoms with Crippen LogP contribution in [0.2, 0.25) is 0 Å². The molecule has 1 aromatic heterocycles. The Morgan fingerprint density at radius 3 is 2.75 bits per heavy atom. The molecule has 1 fully saturated rings. The number of benzene rings is 1. The number of carbonyl (C=O) groups is 1. The van der Waals surface area contributed by atoms with Gasteiger partial charge in [-0.3, -0.25) is 9.89 Å². The van der Waals surface area contributed by atoms with Crippen molar-refractivity contribution in [2.45, 2.75) is 39.5 Å². The molecule has 2 aromatic rings. The lowest BCUT2D eigenvalue weighted by Gasteiger charge is -2.24.